The van der Waals surface area contributed by atoms with E-state index < -0.39 is 0 Å². The van der Waals surface area contributed by atoms with Crippen molar-refractivity contribution in [1.82, 2.24) is 10.2 Å². The average Bonchev–Trinajstić information content (AvgIpc) is 2.55. The topological polar surface area (TPSA) is 49.4 Å². The van der Waals surface area contributed by atoms with Crippen LogP contribution < -0.4 is 5.32 Å². The van der Waals surface area contributed by atoms with Crippen LogP contribution in [0.5, 0.6) is 0 Å². The van der Waals surface area contributed by atoms with Gasteiger partial charge in [-0.05, 0) is 18.1 Å². The van der Waals surface area contributed by atoms with Gasteiger partial charge in [-0.15, -0.1) is 0 Å². The fourth-order valence-corrected chi connectivity index (χ4v) is 2.21. The van der Waals surface area contributed by atoms with Crippen molar-refractivity contribution in [2.24, 2.45) is 0 Å². The van der Waals surface area contributed by atoms with Crippen LogP contribution in [0.1, 0.15) is 16.7 Å². The fourth-order valence-electron chi connectivity index (χ4n) is 2.21. The molecular weight excluding hydrogens is 288 g/mol. The molecule has 2 amide bonds. The van der Waals surface area contributed by atoms with Crippen LogP contribution in [-0.2, 0) is 22.6 Å². The second kappa shape index (κ2) is 8.13. The lowest BCUT2D eigenvalue weighted by Crippen LogP contribution is -2.38. The third-order valence-electron chi connectivity index (χ3n) is 3.61. The molecule has 4 heteroatoms. The van der Waals surface area contributed by atoms with Crippen LogP contribution in [0, 0.1) is 6.92 Å². The van der Waals surface area contributed by atoms with Gasteiger partial charge in [0.2, 0.25) is 11.8 Å². The van der Waals surface area contributed by atoms with E-state index in [2.05, 4.69) is 5.32 Å². The fraction of sp³-hybridized carbons (Fsp3) is 0.263. The summed E-state index contributed by atoms with van der Waals surface area (Å²) in [5, 5.41) is 2.68. The second-order valence-corrected chi connectivity index (χ2v) is 5.67. The van der Waals surface area contributed by atoms with E-state index in [1.54, 1.807) is 11.9 Å². The quantitative estimate of drug-likeness (QED) is 0.890. The minimum absolute atomic E-state index is 0.0219. The summed E-state index contributed by atoms with van der Waals surface area (Å²) in [5.41, 5.74) is 3.20. The van der Waals surface area contributed by atoms with Crippen molar-refractivity contribution >= 4 is 11.8 Å². The zero-order valence-corrected chi connectivity index (χ0v) is 13.6. The number of nitrogens with zero attached hydrogens (tertiary/aromatic N) is 1. The second-order valence-electron chi connectivity index (χ2n) is 5.67. The summed E-state index contributed by atoms with van der Waals surface area (Å²) < 4.78 is 0. The molecule has 0 aliphatic heterocycles. The highest BCUT2D eigenvalue weighted by Crippen LogP contribution is 2.06. The Labute approximate surface area is 137 Å². The van der Waals surface area contributed by atoms with Crippen molar-refractivity contribution in [3.63, 3.8) is 0 Å². The number of hydrogen-bond donors (Lipinski definition) is 1. The Balaban J connectivity index is 1.77. The Kier molecular flexibility index (Phi) is 5.92. The van der Waals surface area contributed by atoms with E-state index in [1.165, 1.54) is 5.56 Å². The molecule has 0 heterocycles. The lowest BCUT2D eigenvalue weighted by Gasteiger charge is -2.17. The van der Waals surface area contributed by atoms with Gasteiger partial charge in [0.15, 0.2) is 0 Å². The van der Waals surface area contributed by atoms with Gasteiger partial charge in [0.25, 0.3) is 0 Å². The first-order valence-electron chi connectivity index (χ1n) is 7.65. The minimum Gasteiger partial charge on any atom is -0.347 e. The minimum atomic E-state index is -0.145. The molecule has 0 unspecified atom stereocenters. The van der Waals surface area contributed by atoms with Crippen LogP contribution >= 0.6 is 0 Å². The molecular formula is C19H22N2O2. The first kappa shape index (κ1) is 16.7. The molecule has 0 spiro atoms. The molecule has 0 aliphatic rings. The van der Waals surface area contributed by atoms with Gasteiger partial charge in [-0.2, -0.15) is 0 Å². The summed E-state index contributed by atoms with van der Waals surface area (Å²) >= 11 is 0. The van der Waals surface area contributed by atoms with Crippen LogP contribution in [0.15, 0.2) is 54.6 Å². The van der Waals surface area contributed by atoms with Gasteiger partial charge in [0, 0.05) is 13.6 Å². The average molecular weight is 310 g/mol. The predicted molar refractivity (Wildman–Crippen MR) is 90.8 cm³/mol. The molecule has 23 heavy (non-hydrogen) atoms. The number of likely N-dealkylation sites (N-methyl/N-ethyl adjacent to an activating group) is 1. The van der Waals surface area contributed by atoms with Gasteiger partial charge in [-0.3, -0.25) is 9.59 Å². The molecule has 2 aromatic rings. The Morgan fingerprint density at radius 3 is 2.26 bits per heavy atom. The van der Waals surface area contributed by atoms with Crippen LogP contribution in [0.2, 0.25) is 0 Å². The molecule has 2 rings (SSSR count). The Bertz CT molecular complexity index is 651. The van der Waals surface area contributed by atoms with Gasteiger partial charge >= 0.3 is 0 Å². The highest BCUT2D eigenvalue weighted by Gasteiger charge is 2.11. The van der Waals surface area contributed by atoms with Crippen molar-refractivity contribution in [2.75, 3.05) is 13.6 Å². The van der Waals surface area contributed by atoms with Gasteiger partial charge in [0.05, 0.1) is 13.0 Å². The summed E-state index contributed by atoms with van der Waals surface area (Å²) in [6, 6.07) is 17.5. The van der Waals surface area contributed by atoms with Crippen molar-refractivity contribution < 1.29 is 9.59 Å². The Hall–Kier alpha value is -2.62. The van der Waals surface area contributed by atoms with E-state index in [-0.39, 0.29) is 24.8 Å². The van der Waals surface area contributed by atoms with Crippen molar-refractivity contribution in [1.29, 1.82) is 0 Å². The molecule has 0 fully saturated rings. The van der Waals surface area contributed by atoms with E-state index in [9.17, 15) is 9.59 Å². The largest absolute Gasteiger partial charge is 0.347 e. The van der Waals surface area contributed by atoms with E-state index in [4.69, 9.17) is 0 Å². The maximum absolute atomic E-state index is 12.1. The zero-order chi connectivity index (χ0) is 16.7. The van der Waals surface area contributed by atoms with Gasteiger partial charge in [-0.25, -0.2) is 0 Å². The normalized spacial score (nSPS) is 10.2. The molecule has 0 aliphatic carbocycles. The number of benzene rings is 2. The highest BCUT2D eigenvalue weighted by atomic mass is 16.2. The van der Waals surface area contributed by atoms with E-state index in [1.807, 2.05) is 61.5 Å². The number of nitrogens with one attached hydrogen (secondary N) is 1. The third-order valence-corrected chi connectivity index (χ3v) is 3.61. The van der Waals surface area contributed by atoms with Crippen molar-refractivity contribution in [2.45, 2.75) is 19.9 Å². The molecule has 1 N–H and O–H groups in total. The molecule has 0 saturated carbocycles. The summed E-state index contributed by atoms with van der Waals surface area (Å²) in [6.45, 7) is 2.59. The smallest absolute Gasteiger partial charge is 0.242 e. The standard InChI is InChI=1S/C19H22N2O2/c1-15-8-10-17(11-9-15)14-21(2)19(23)13-20-18(22)12-16-6-4-3-5-7-16/h3-11H,12-14H2,1-2H3,(H,20,22). The highest BCUT2D eigenvalue weighted by molar-refractivity contribution is 5.85. The predicted octanol–water partition coefficient (Wildman–Crippen LogP) is 2.31. The van der Waals surface area contributed by atoms with Crippen LogP contribution in [0.25, 0.3) is 0 Å². The summed E-state index contributed by atoms with van der Waals surface area (Å²) in [7, 11) is 1.74. The monoisotopic (exact) mass is 310 g/mol. The molecule has 0 bridgehead atoms. The molecule has 0 atom stereocenters. The zero-order valence-electron chi connectivity index (χ0n) is 13.6. The van der Waals surface area contributed by atoms with Crippen molar-refractivity contribution in [3.8, 4) is 0 Å². The lowest BCUT2D eigenvalue weighted by atomic mass is 10.1. The van der Waals surface area contributed by atoms with E-state index in [0.29, 0.717) is 6.54 Å². The number of aryl methyl sites for hydroxylation is 1. The summed E-state index contributed by atoms with van der Waals surface area (Å²) in [5.74, 6) is -0.250. The van der Waals surface area contributed by atoms with Crippen LogP contribution in [0.3, 0.4) is 0 Å². The van der Waals surface area contributed by atoms with Crippen LogP contribution in [0.4, 0.5) is 0 Å². The summed E-state index contributed by atoms with van der Waals surface area (Å²) in [4.78, 5) is 25.6. The SMILES string of the molecule is Cc1ccc(CN(C)C(=O)CNC(=O)Cc2ccccc2)cc1. The maximum atomic E-state index is 12.1. The number of rotatable bonds is 6. The number of carbonyl (C=O) groups excluding carboxylic acids is 2. The Morgan fingerprint density at radius 1 is 0.957 bits per heavy atom. The van der Waals surface area contributed by atoms with Gasteiger partial charge in [0.1, 0.15) is 0 Å². The van der Waals surface area contributed by atoms with Gasteiger partial charge in [-0.1, -0.05) is 60.2 Å². The molecule has 120 valence electrons. The first-order chi connectivity index (χ1) is 11.0. The first-order valence-corrected chi connectivity index (χ1v) is 7.65. The van der Waals surface area contributed by atoms with Crippen molar-refractivity contribution in [3.05, 3.63) is 71.3 Å². The molecule has 4 nitrogen and oxygen atoms in total. The number of amides is 2. The van der Waals surface area contributed by atoms with E-state index >= 15 is 0 Å². The van der Waals surface area contributed by atoms with Crippen LogP contribution in [-0.4, -0.2) is 30.3 Å². The summed E-state index contributed by atoms with van der Waals surface area (Å²) in [6.07, 6.45) is 0.287. The maximum Gasteiger partial charge on any atom is 0.242 e. The van der Waals surface area contributed by atoms with E-state index in [0.717, 1.165) is 11.1 Å². The molecule has 0 saturated heterocycles. The Morgan fingerprint density at radius 2 is 1.61 bits per heavy atom. The van der Waals surface area contributed by atoms with Gasteiger partial charge < -0.3 is 10.2 Å². The number of hydrogen-bond acceptors (Lipinski definition) is 2. The molecule has 0 radical (unpaired) electrons. The molecule has 0 aromatic heterocycles. The third kappa shape index (κ3) is 5.58. The number of carbonyl (C=O) groups is 2. The lowest BCUT2D eigenvalue weighted by molar-refractivity contribution is -0.132. The molecule has 2 aromatic carbocycles.